The zero-order valence-corrected chi connectivity index (χ0v) is 12.3. The molecule has 6 heteroatoms. The molecule has 0 aromatic rings. The van der Waals surface area contributed by atoms with Crippen molar-refractivity contribution in [2.24, 2.45) is 0 Å². The van der Waals surface area contributed by atoms with Crippen molar-refractivity contribution in [3.8, 4) is 0 Å². The number of hydrogen-bond acceptors (Lipinski definition) is 5. The third-order valence-electron chi connectivity index (χ3n) is 3.77. The highest BCUT2D eigenvalue weighted by Gasteiger charge is 2.54. The minimum absolute atomic E-state index is 0.0754. The molecule has 1 aliphatic rings. The first-order chi connectivity index (χ1) is 8.28. The van der Waals surface area contributed by atoms with Crippen molar-refractivity contribution in [1.29, 1.82) is 0 Å². The largest absolute Gasteiger partial charge is 0.468 e. The third-order valence-corrected chi connectivity index (χ3v) is 5.44. The van der Waals surface area contributed by atoms with Crippen molar-refractivity contribution in [3.05, 3.63) is 0 Å². The quantitative estimate of drug-likeness (QED) is 0.755. The molecule has 1 N–H and O–H groups in total. The highest BCUT2D eigenvalue weighted by molar-refractivity contribution is 7.91. The van der Waals surface area contributed by atoms with Crippen LogP contribution in [0, 0.1) is 0 Å². The maximum Gasteiger partial charge on any atom is 0.327 e. The molecule has 0 aromatic carbocycles. The minimum Gasteiger partial charge on any atom is -0.468 e. The van der Waals surface area contributed by atoms with Crippen molar-refractivity contribution in [2.45, 2.75) is 56.4 Å². The minimum atomic E-state index is -3.28. The Hall–Kier alpha value is -0.620. The fraction of sp³-hybridized carbons (Fsp3) is 0.917. The molecule has 0 aliphatic heterocycles. The van der Waals surface area contributed by atoms with E-state index in [9.17, 15) is 13.2 Å². The van der Waals surface area contributed by atoms with Gasteiger partial charge in [-0.2, -0.15) is 0 Å². The number of carbonyl (C=O) groups is 1. The van der Waals surface area contributed by atoms with Gasteiger partial charge in [0.2, 0.25) is 0 Å². The van der Waals surface area contributed by atoms with Gasteiger partial charge in [-0.1, -0.05) is 6.92 Å². The number of esters is 1. The number of hydrogen-bond donors (Lipinski definition) is 1. The van der Waals surface area contributed by atoms with E-state index < -0.39 is 26.6 Å². The molecule has 0 spiro atoms. The molecular weight excluding hydrogens is 254 g/mol. The lowest BCUT2D eigenvalue weighted by atomic mass is 9.95. The van der Waals surface area contributed by atoms with Crippen molar-refractivity contribution in [2.75, 3.05) is 13.4 Å². The maximum absolute atomic E-state index is 12.1. The van der Waals surface area contributed by atoms with Gasteiger partial charge in [0.15, 0.2) is 9.84 Å². The van der Waals surface area contributed by atoms with Crippen LogP contribution in [0.2, 0.25) is 0 Å². The molecule has 106 valence electrons. The summed E-state index contributed by atoms with van der Waals surface area (Å²) in [5.74, 6) is -0.462. The van der Waals surface area contributed by atoms with Crippen LogP contribution >= 0.6 is 0 Å². The van der Waals surface area contributed by atoms with Crippen LogP contribution in [0.3, 0.4) is 0 Å². The van der Waals surface area contributed by atoms with Crippen LogP contribution in [0.4, 0.5) is 0 Å². The zero-order chi connectivity index (χ0) is 14.0. The van der Waals surface area contributed by atoms with Gasteiger partial charge in [0.1, 0.15) is 5.54 Å². The first-order valence-electron chi connectivity index (χ1n) is 6.33. The van der Waals surface area contributed by atoms with Gasteiger partial charge >= 0.3 is 5.97 Å². The lowest BCUT2D eigenvalue weighted by molar-refractivity contribution is -0.148. The number of sulfone groups is 1. The first kappa shape index (κ1) is 15.4. The van der Waals surface area contributed by atoms with Crippen molar-refractivity contribution in [3.63, 3.8) is 0 Å². The highest BCUT2D eigenvalue weighted by Crippen LogP contribution is 2.36. The molecule has 0 heterocycles. The average Bonchev–Trinajstić information content (AvgIpc) is 2.72. The van der Waals surface area contributed by atoms with Gasteiger partial charge in [-0.15, -0.1) is 0 Å². The molecule has 0 saturated heterocycles. The fourth-order valence-corrected chi connectivity index (χ4v) is 4.34. The topological polar surface area (TPSA) is 72.5 Å². The van der Waals surface area contributed by atoms with E-state index in [2.05, 4.69) is 5.32 Å². The number of methoxy groups -OCH3 is 1. The summed E-state index contributed by atoms with van der Waals surface area (Å²) >= 11 is 0. The summed E-state index contributed by atoms with van der Waals surface area (Å²) in [7, 11) is -1.98. The summed E-state index contributed by atoms with van der Waals surface area (Å²) in [6.07, 6.45) is 3.77. The third kappa shape index (κ3) is 2.85. The van der Waals surface area contributed by atoms with Gasteiger partial charge in [-0.05, 0) is 32.6 Å². The number of ether oxygens (including phenoxy) is 1. The number of rotatable bonds is 5. The Bertz CT molecular complexity index is 406. The molecule has 5 nitrogen and oxygen atoms in total. The molecule has 3 atom stereocenters. The van der Waals surface area contributed by atoms with E-state index in [0.29, 0.717) is 12.8 Å². The van der Waals surface area contributed by atoms with Crippen LogP contribution in [0.1, 0.15) is 39.5 Å². The van der Waals surface area contributed by atoms with Crippen molar-refractivity contribution >= 4 is 15.8 Å². The van der Waals surface area contributed by atoms with E-state index in [0.717, 1.165) is 12.8 Å². The molecule has 18 heavy (non-hydrogen) atoms. The van der Waals surface area contributed by atoms with Crippen molar-refractivity contribution < 1.29 is 17.9 Å². The molecule has 1 rings (SSSR count). The Morgan fingerprint density at radius 2 is 2.17 bits per heavy atom. The summed E-state index contributed by atoms with van der Waals surface area (Å²) in [6.45, 7) is 3.94. The van der Waals surface area contributed by atoms with E-state index in [1.165, 1.54) is 13.4 Å². The Balaban J connectivity index is 3.15. The molecule has 0 amide bonds. The predicted molar refractivity (Wildman–Crippen MR) is 70.1 cm³/mol. The molecule has 1 aliphatic carbocycles. The predicted octanol–water partition coefficient (Wildman–Crippen LogP) is 0.883. The van der Waals surface area contributed by atoms with Crippen LogP contribution in [0.5, 0.6) is 0 Å². The molecule has 0 bridgehead atoms. The Morgan fingerprint density at radius 3 is 2.61 bits per heavy atom. The van der Waals surface area contributed by atoms with Gasteiger partial charge < -0.3 is 4.74 Å². The lowest BCUT2D eigenvalue weighted by Gasteiger charge is -2.35. The Kier molecular flexibility index (Phi) is 4.78. The maximum atomic E-state index is 12.1. The summed E-state index contributed by atoms with van der Waals surface area (Å²) in [6, 6.07) is 0.0754. The number of carbonyl (C=O) groups excluding carboxylic acids is 1. The van der Waals surface area contributed by atoms with Crippen LogP contribution in [0.25, 0.3) is 0 Å². The van der Waals surface area contributed by atoms with E-state index in [-0.39, 0.29) is 6.04 Å². The molecule has 0 aromatic heterocycles. The van der Waals surface area contributed by atoms with E-state index in [4.69, 9.17) is 4.74 Å². The number of nitrogens with one attached hydrogen (secondary N) is 1. The molecule has 3 unspecified atom stereocenters. The van der Waals surface area contributed by atoms with Crippen LogP contribution in [-0.4, -0.2) is 44.6 Å². The van der Waals surface area contributed by atoms with E-state index >= 15 is 0 Å². The van der Waals surface area contributed by atoms with Crippen LogP contribution in [0.15, 0.2) is 0 Å². The first-order valence-corrected chi connectivity index (χ1v) is 8.28. The molecule has 1 fully saturated rings. The zero-order valence-electron chi connectivity index (χ0n) is 11.5. The van der Waals surface area contributed by atoms with Gasteiger partial charge in [0, 0.05) is 12.3 Å². The van der Waals surface area contributed by atoms with Gasteiger partial charge in [-0.25, -0.2) is 8.42 Å². The normalized spacial score (nSPS) is 30.1. The SMILES string of the molecule is CCC(C)NC1(C(=O)OC)CCCC1S(C)(=O)=O. The monoisotopic (exact) mass is 277 g/mol. The van der Waals surface area contributed by atoms with Crippen LogP contribution < -0.4 is 5.32 Å². The van der Waals surface area contributed by atoms with E-state index in [1.807, 2.05) is 13.8 Å². The summed E-state index contributed by atoms with van der Waals surface area (Å²) in [5, 5.41) is 2.51. The second-order valence-corrected chi connectivity index (χ2v) is 7.36. The van der Waals surface area contributed by atoms with Gasteiger partial charge in [-0.3, -0.25) is 10.1 Å². The highest BCUT2D eigenvalue weighted by atomic mass is 32.2. The van der Waals surface area contributed by atoms with Crippen molar-refractivity contribution in [1.82, 2.24) is 5.32 Å². The molecule has 0 radical (unpaired) electrons. The summed E-state index contributed by atoms with van der Waals surface area (Å²) in [5.41, 5.74) is -1.07. The molecular formula is C12H23NO4S. The second kappa shape index (κ2) is 5.57. The Labute approximate surface area is 109 Å². The second-order valence-electron chi connectivity index (χ2n) is 5.13. The summed E-state index contributed by atoms with van der Waals surface area (Å²) < 4.78 is 28.6. The standard InChI is InChI=1S/C12H23NO4S/c1-5-9(2)13-12(11(14)17-3)8-6-7-10(12)18(4,15)16/h9-10,13H,5-8H2,1-4H3. The Morgan fingerprint density at radius 1 is 1.56 bits per heavy atom. The summed E-state index contributed by atoms with van der Waals surface area (Å²) in [4.78, 5) is 12.1. The van der Waals surface area contributed by atoms with Gasteiger partial charge in [0.25, 0.3) is 0 Å². The molecule has 1 saturated carbocycles. The van der Waals surface area contributed by atoms with Crippen LogP contribution in [-0.2, 0) is 19.4 Å². The fourth-order valence-electron chi connectivity index (χ4n) is 2.73. The van der Waals surface area contributed by atoms with E-state index in [1.54, 1.807) is 0 Å². The smallest absolute Gasteiger partial charge is 0.327 e. The lowest BCUT2D eigenvalue weighted by Crippen LogP contribution is -2.62. The van der Waals surface area contributed by atoms with Gasteiger partial charge in [0.05, 0.1) is 12.4 Å². The average molecular weight is 277 g/mol.